The SMILES string of the molecule is COCc1cc2c(cc1O)CC[C@@H]1[C@@H]2CC[C@]2(C)C(=O)CC[C@@H]12. The van der Waals surface area contributed by atoms with Crippen molar-refractivity contribution in [2.45, 2.75) is 58.0 Å². The molecule has 124 valence electrons. The zero-order valence-corrected chi connectivity index (χ0v) is 14.1. The lowest BCUT2D eigenvalue weighted by molar-refractivity contribution is -0.129. The molecule has 4 rings (SSSR count). The summed E-state index contributed by atoms with van der Waals surface area (Å²) < 4.78 is 5.23. The van der Waals surface area contributed by atoms with Gasteiger partial charge in [-0.2, -0.15) is 0 Å². The average Bonchev–Trinajstić information content (AvgIpc) is 2.84. The van der Waals surface area contributed by atoms with Gasteiger partial charge in [-0.05, 0) is 73.1 Å². The molecule has 0 aliphatic heterocycles. The van der Waals surface area contributed by atoms with E-state index in [4.69, 9.17) is 4.74 Å². The number of carbonyl (C=O) groups is 1. The molecule has 0 spiro atoms. The van der Waals surface area contributed by atoms with Crippen molar-refractivity contribution in [3.8, 4) is 5.75 Å². The maximum Gasteiger partial charge on any atom is 0.139 e. The number of fused-ring (bicyclic) bond motifs is 5. The Labute approximate surface area is 138 Å². The summed E-state index contributed by atoms with van der Waals surface area (Å²) in [4.78, 5) is 12.4. The number of ketones is 1. The molecule has 3 aliphatic carbocycles. The molecule has 3 nitrogen and oxygen atoms in total. The third-order valence-electron chi connectivity index (χ3n) is 6.93. The van der Waals surface area contributed by atoms with Crippen LogP contribution >= 0.6 is 0 Å². The van der Waals surface area contributed by atoms with Gasteiger partial charge >= 0.3 is 0 Å². The van der Waals surface area contributed by atoms with Crippen molar-refractivity contribution in [1.82, 2.24) is 0 Å². The molecular weight excluding hydrogens is 288 g/mol. The van der Waals surface area contributed by atoms with Crippen molar-refractivity contribution in [2.24, 2.45) is 17.3 Å². The van der Waals surface area contributed by atoms with E-state index < -0.39 is 0 Å². The highest BCUT2D eigenvalue weighted by molar-refractivity contribution is 5.87. The van der Waals surface area contributed by atoms with Gasteiger partial charge in [-0.3, -0.25) is 4.79 Å². The van der Waals surface area contributed by atoms with E-state index in [0.717, 1.165) is 44.1 Å². The van der Waals surface area contributed by atoms with Crippen LogP contribution in [0.3, 0.4) is 0 Å². The topological polar surface area (TPSA) is 46.5 Å². The average molecular weight is 314 g/mol. The van der Waals surface area contributed by atoms with Crippen LogP contribution in [0.2, 0.25) is 0 Å². The number of hydrogen-bond acceptors (Lipinski definition) is 3. The van der Waals surface area contributed by atoms with Crippen LogP contribution in [0.1, 0.15) is 61.6 Å². The van der Waals surface area contributed by atoms with Crippen molar-refractivity contribution >= 4 is 5.78 Å². The standard InChI is InChI=1S/C20H26O3/c1-20-8-7-14-15(17(20)5-6-19(20)22)4-3-12-10-18(21)13(11-23-2)9-16(12)14/h9-10,14-15,17,21H,3-8,11H2,1-2H3/t14-,15+,17-,20-/m0/s1. The summed E-state index contributed by atoms with van der Waals surface area (Å²) >= 11 is 0. The molecule has 1 aromatic rings. The first-order chi connectivity index (χ1) is 11.0. The zero-order chi connectivity index (χ0) is 16.2. The lowest BCUT2D eigenvalue weighted by atomic mass is 9.55. The Kier molecular flexibility index (Phi) is 3.53. The number of phenols is 1. The number of ether oxygens (including phenoxy) is 1. The molecule has 1 aromatic carbocycles. The van der Waals surface area contributed by atoms with Crippen LogP contribution in [0, 0.1) is 17.3 Å². The summed E-state index contributed by atoms with van der Waals surface area (Å²) in [5.74, 6) is 2.60. The number of benzene rings is 1. The molecule has 0 amide bonds. The number of hydrogen-bond donors (Lipinski definition) is 1. The van der Waals surface area contributed by atoms with Gasteiger partial charge in [0.25, 0.3) is 0 Å². The lowest BCUT2D eigenvalue weighted by Gasteiger charge is -2.48. The van der Waals surface area contributed by atoms with Crippen LogP contribution in [0.25, 0.3) is 0 Å². The van der Waals surface area contributed by atoms with Gasteiger partial charge in [-0.1, -0.05) is 6.92 Å². The Bertz CT molecular complexity index is 651. The summed E-state index contributed by atoms with van der Waals surface area (Å²) in [5, 5.41) is 10.2. The van der Waals surface area contributed by atoms with Crippen molar-refractivity contribution in [3.63, 3.8) is 0 Å². The molecule has 3 heteroatoms. The molecule has 3 aliphatic rings. The van der Waals surface area contributed by atoms with Gasteiger partial charge in [-0.25, -0.2) is 0 Å². The Hall–Kier alpha value is -1.35. The summed E-state index contributed by atoms with van der Waals surface area (Å²) in [6, 6.07) is 4.12. The number of phenolic OH excluding ortho intramolecular Hbond substituents is 1. The van der Waals surface area contributed by atoms with Crippen LogP contribution in [-0.2, 0) is 22.6 Å². The highest BCUT2D eigenvalue weighted by atomic mass is 16.5. The van der Waals surface area contributed by atoms with Gasteiger partial charge in [0.1, 0.15) is 11.5 Å². The maximum absolute atomic E-state index is 12.4. The maximum atomic E-state index is 12.4. The molecule has 0 unspecified atom stereocenters. The fraction of sp³-hybridized carbons (Fsp3) is 0.650. The molecule has 0 heterocycles. The van der Waals surface area contributed by atoms with E-state index in [2.05, 4.69) is 13.0 Å². The Balaban J connectivity index is 1.71. The van der Waals surface area contributed by atoms with Gasteiger partial charge in [0.05, 0.1) is 6.61 Å². The third kappa shape index (κ3) is 2.16. The minimum Gasteiger partial charge on any atom is -0.508 e. The number of Topliss-reactive ketones (excluding diaryl/α,β-unsaturated/α-hetero) is 1. The summed E-state index contributed by atoms with van der Waals surface area (Å²) in [5.41, 5.74) is 3.54. The monoisotopic (exact) mass is 314 g/mol. The van der Waals surface area contributed by atoms with Crippen molar-refractivity contribution in [3.05, 3.63) is 28.8 Å². The molecule has 2 saturated carbocycles. The zero-order valence-electron chi connectivity index (χ0n) is 14.1. The van der Waals surface area contributed by atoms with Crippen LogP contribution in [0.15, 0.2) is 12.1 Å². The molecule has 0 saturated heterocycles. The fourth-order valence-corrected chi connectivity index (χ4v) is 5.70. The predicted molar refractivity (Wildman–Crippen MR) is 88.4 cm³/mol. The smallest absolute Gasteiger partial charge is 0.139 e. The van der Waals surface area contributed by atoms with Crippen molar-refractivity contribution < 1.29 is 14.6 Å². The molecular formula is C20H26O3. The largest absolute Gasteiger partial charge is 0.508 e. The quantitative estimate of drug-likeness (QED) is 0.898. The van der Waals surface area contributed by atoms with E-state index in [1.165, 1.54) is 11.1 Å². The lowest BCUT2D eigenvalue weighted by Crippen LogP contribution is -2.42. The minimum absolute atomic E-state index is 0.0645. The molecule has 1 N–H and O–H groups in total. The van der Waals surface area contributed by atoms with Crippen molar-refractivity contribution in [2.75, 3.05) is 7.11 Å². The molecule has 4 atom stereocenters. The Morgan fingerprint density at radius 1 is 1.26 bits per heavy atom. The van der Waals surface area contributed by atoms with E-state index in [1.54, 1.807) is 7.11 Å². The predicted octanol–water partition coefficient (Wildman–Crippen LogP) is 3.96. The van der Waals surface area contributed by atoms with Gasteiger partial charge in [0.2, 0.25) is 0 Å². The first kappa shape index (κ1) is 15.2. The van der Waals surface area contributed by atoms with Gasteiger partial charge < -0.3 is 9.84 Å². The molecule has 0 aromatic heterocycles. The van der Waals surface area contributed by atoms with Gasteiger partial charge in [0, 0.05) is 24.5 Å². The third-order valence-corrected chi connectivity index (χ3v) is 6.93. The summed E-state index contributed by atoms with van der Waals surface area (Å²) in [6.07, 6.45) is 6.17. The molecule has 2 fully saturated rings. The normalized spacial score (nSPS) is 35.6. The van der Waals surface area contributed by atoms with E-state index in [1.807, 2.05) is 6.07 Å². The first-order valence-electron chi connectivity index (χ1n) is 8.91. The van der Waals surface area contributed by atoms with Crippen LogP contribution < -0.4 is 0 Å². The van der Waals surface area contributed by atoms with Crippen molar-refractivity contribution in [1.29, 1.82) is 0 Å². The number of carbonyl (C=O) groups excluding carboxylic acids is 1. The van der Waals surface area contributed by atoms with E-state index in [9.17, 15) is 9.90 Å². The van der Waals surface area contributed by atoms with Crippen LogP contribution in [-0.4, -0.2) is 18.0 Å². The number of methoxy groups -OCH3 is 1. The van der Waals surface area contributed by atoms with E-state index >= 15 is 0 Å². The van der Waals surface area contributed by atoms with E-state index in [0.29, 0.717) is 35.9 Å². The molecule has 0 radical (unpaired) electrons. The summed E-state index contributed by atoms with van der Waals surface area (Å²) in [6.45, 7) is 2.67. The van der Waals surface area contributed by atoms with Crippen LogP contribution in [0.5, 0.6) is 5.75 Å². The first-order valence-corrected chi connectivity index (χ1v) is 8.91. The van der Waals surface area contributed by atoms with Gasteiger partial charge in [0.15, 0.2) is 0 Å². The highest BCUT2D eigenvalue weighted by Crippen LogP contribution is 2.59. The highest BCUT2D eigenvalue weighted by Gasteiger charge is 2.54. The fourth-order valence-electron chi connectivity index (χ4n) is 5.70. The second-order valence-corrected chi connectivity index (χ2v) is 7.95. The number of aryl methyl sites for hydroxylation is 1. The van der Waals surface area contributed by atoms with Gasteiger partial charge in [-0.15, -0.1) is 0 Å². The number of aromatic hydroxyl groups is 1. The minimum atomic E-state index is -0.0645. The molecule has 23 heavy (non-hydrogen) atoms. The second-order valence-electron chi connectivity index (χ2n) is 7.95. The van der Waals surface area contributed by atoms with Crippen LogP contribution in [0.4, 0.5) is 0 Å². The summed E-state index contributed by atoms with van der Waals surface area (Å²) in [7, 11) is 1.66. The number of rotatable bonds is 2. The Morgan fingerprint density at radius 3 is 2.87 bits per heavy atom. The van der Waals surface area contributed by atoms with E-state index in [-0.39, 0.29) is 5.41 Å². The second kappa shape index (κ2) is 5.34. The Morgan fingerprint density at radius 2 is 2.09 bits per heavy atom. The molecule has 0 bridgehead atoms.